The van der Waals surface area contributed by atoms with Gasteiger partial charge in [0.05, 0.1) is 5.56 Å². The minimum absolute atomic E-state index is 0.125. The molecule has 1 N–H and O–H groups in total. The number of rotatable bonds is 6. The second kappa shape index (κ2) is 5.99. The Balaban J connectivity index is 1.97. The standard InChI is InChI=1S/C13H14N2O4/c1-2-4-11-14-12(19-15-11)8-18-10-6-3-5-9(7-10)13(16)17/h3,5-7H,2,4,8H2,1H3,(H,16,17). The van der Waals surface area contributed by atoms with Crippen molar-refractivity contribution >= 4 is 5.97 Å². The summed E-state index contributed by atoms with van der Waals surface area (Å²) in [5, 5.41) is 12.7. The fourth-order valence-corrected chi connectivity index (χ4v) is 1.54. The summed E-state index contributed by atoms with van der Waals surface area (Å²) < 4.78 is 10.4. The number of aromatic carboxylic acids is 1. The first-order valence-corrected chi connectivity index (χ1v) is 5.96. The normalized spacial score (nSPS) is 10.4. The van der Waals surface area contributed by atoms with Crippen molar-refractivity contribution in [1.82, 2.24) is 10.1 Å². The molecular formula is C13H14N2O4. The molecule has 0 aliphatic heterocycles. The molecule has 2 aromatic rings. The van der Waals surface area contributed by atoms with Gasteiger partial charge in [0.2, 0.25) is 0 Å². The molecule has 0 radical (unpaired) electrons. The highest BCUT2D eigenvalue weighted by Gasteiger charge is 2.08. The molecule has 100 valence electrons. The number of carboxylic acids is 1. The van der Waals surface area contributed by atoms with Crippen LogP contribution in [0.1, 0.15) is 35.4 Å². The van der Waals surface area contributed by atoms with E-state index < -0.39 is 5.97 Å². The van der Waals surface area contributed by atoms with Gasteiger partial charge >= 0.3 is 5.97 Å². The van der Waals surface area contributed by atoms with Crippen LogP contribution in [0.2, 0.25) is 0 Å². The minimum Gasteiger partial charge on any atom is -0.484 e. The van der Waals surface area contributed by atoms with Crippen molar-refractivity contribution in [1.29, 1.82) is 0 Å². The third-order valence-electron chi connectivity index (χ3n) is 2.43. The number of ether oxygens (including phenoxy) is 1. The zero-order chi connectivity index (χ0) is 13.7. The van der Waals surface area contributed by atoms with E-state index in [1.165, 1.54) is 12.1 Å². The topological polar surface area (TPSA) is 85.5 Å². The predicted molar refractivity (Wildman–Crippen MR) is 66.0 cm³/mol. The van der Waals surface area contributed by atoms with E-state index in [2.05, 4.69) is 10.1 Å². The summed E-state index contributed by atoms with van der Waals surface area (Å²) >= 11 is 0. The molecule has 2 rings (SSSR count). The van der Waals surface area contributed by atoms with Crippen LogP contribution in [0, 0.1) is 0 Å². The monoisotopic (exact) mass is 262 g/mol. The van der Waals surface area contributed by atoms with Crippen LogP contribution < -0.4 is 4.74 Å². The molecule has 19 heavy (non-hydrogen) atoms. The first-order valence-electron chi connectivity index (χ1n) is 5.96. The molecule has 0 fully saturated rings. The quantitative estimate of drug-likeness (QED) is 0.859. The molecule has 1 aromatic carbocycles. The lowest BCUT2D eigenvalue weighted by atomic mass is 10.2. The average molecular weight is 262 g/mol. The molecule has 0 aliphatic rings. The van der Waals surface area contributed by atoms with E-state index in [-0.39, 0.29) is 12.2 Å². The smallest absolute Gasteiger partial charge is 0.335 e. The van der Waals surface area contributed by atoms with Crippen molar-refractivity contribution in [3.8, 4) is 5.75 Å². The Kier molecular flexibility index (Phi) is 4.12. The van der Waals surface area contributed by atoms with E-state index in [1.54, 1.807) is 12.1 Å². The molecule has 0 aliphatic carbocycles. The molecular weight excluding hydrogens is 248 g/mol. The van der Waals surface area contributed by atoms with Gasteiger partial charge in [0.15, 0.2) is 12.4 Å². The van der Waals surface area contributed by atoms with Crippen LogP contribution in [0.15, 0.2) is 28.8 Å². The average Bonchev–Trinajstić information content (AvgIpc) is 2.85. The van der Waals surface area contributed by atoms with Crippen LogP contribution in [0.5, 0.6) is 5.75 Å². The summed E-state index contributed by atoms with van der Waals surface area (Å²) in [5.74, 6) is 0.494. The van der Waals surface area contributed by atoms with Gasteiger partial charge in [-0.2, -0.15) is 4.98 Å². The van der Waals surface area contributed by atoms with E-state index in [4.69, 9.17) is 14.4 Å². The second-order valence-corrected chi connectivity index (χ2v) is 3.98. The number of aromatic nitrogens is 2. The predicted octanol–water partition coefficient (Wildman–Crippen LogP) is 2.30. The number of nitrogens with zero attached hydrogens (tertiary/aromatic N) is 2. The summed E-state index contributed by atoms with van der Waals surface area (Å²) in [6, 6.07) is 6.25. The summed E-state index contributed by atoms with van der Waals surface area (Å²) in [6.45, 7) is 2.16. The van der Waals surface area contributed by atoms with Crippen LogP contribution in [-0.2, 0) is 13.0 Å². The molecule has 0 atom stereocenters. The summed E-state index contributed by atoms with van der Waals surface area (Å²) in [6.07, 6.45) is 1.71. The van der Waals surface area contributed by atoms with Crippen LogP contribution in [0.25, 0.3) is 0 Å². The fourth-order valence-electron chi connectivity index (χ4n) is 1.54. The number of aryl methyl sites for hydroxylation is 1. The van der Waals surface area contributed by atoms with Gasteiger partial charge in [-0.3, -0.25) is 0 Å². The van der Waals surface area contributed by atoms with Gasteiger partial charge in [-0.25, -0.2) is 4.79 Å². The van der Waals surface area contributed by atoms with E-state index in [0.29, 0.717) is 17.5 Å². The molecule has 1 heterocycles. The Morgan fingerprint density at radius 1 is 1.47 bits per heavy atom. The van der Waals surface area contributed by atoms with E-state index in [9.17, 15) is 4.79 Å². The number of carbonyl (C=O) groups is 1. The van der Waals surface area contributed by atoms with E-state index in [1.807, 2.05) is 6.92 Å². The maximum Gasteiger partial charge on any atom is 0.335 e. The highest BCUT2D eigenvalue weighted by molar-refractivity contribution is 5.87. The fraction of sp³-hybridized carbons (Fsp3) is 0.308. The molecule has 0 unspecified atom stereocenters. The summed E-state index contributed by atoms with van der Waals surface area (Å²) in [7, 11) is 0. The van der Waals surface area contributed by atoms with Crippen molar-refractivity contribution < 1.29 is 19.2 Å². The van der Waals surface area contributed by atoms with Crippen molar-refractivity contribution in [3.05, 3.63) is 41.5 Å². The lowest BCUT2D eigenvalue weighted by Gasteiger charge is -2.03. The molecule has 0 saturated heterocycles. The third kappa shape index (κ3) is 3.54. The largest absolute Gasteiger partial charge is 0.484 e. The van der Waals surface area contributed by atoms with Crippen molar-refractivity contribution in [2.75, 3.05) is 0 Å². The number of hydrogen-bond acceptors (Lipinski definition) is 5. The Labute approximate surface area is 110 Å². The summed E-state index contributed by atoms with van der Waals surface area (Å²) in [4.78, 5) is 15.0. The zero-order valence-electron chi connectivity index (χ0n) is 10.5. The highest BCUT2D eigenvalue weighted by Crippen LogP contribution is 2.15. The minimum atomic E-state index is -0.992. The summed E-state index contributed by atoms with van der Waals surface area (Å²) in [5.41, 5.74) is 0.176. The molecule has 0 amide bonds. The Bertz CT molecular complexity index is 565. The Hall–Kier alpha value is -2.37. The van der Waals surface area contributed by atoms with Crippen LogP contribution in [-0.4, -0.2) is 21.2 Å². The molecule has 0 spiro atoms. The maximum absolute atomic E-state index is 10.8. The van der Waals surface area contributed by atoms with Crippen LogP contribution >= 0.6 is 0 Å². The van der Waals surface area contributed by atoms with Gasteiger partial charge in [0.25, 0.3) is 5.89 Å². The van der Waals surface area contributed by atoms with Crippen molar-refractivity contribution in [2.24, 2.45) is 0 Å². The van der Waals surface area contributed by atoms with Crippen LogP contribution in [0.4, 0.5) is 0 Å². The molecule has 0 bridgehead atoms. The van der Waals surface area contributed by atoms with Crippen molar-refractivity contribution in [3.63, 3.8) is 0 Å². The lowest BCUT2D eigenvalue weighted by Crippen LogP contribution is -1.99. The van der Waals surface area contributed by atoms with Gasteiger partial charge in [0.1, 0.15) is 5.75 Å². The maximum atomic E-state index is 10.8. The second-order valence-electron chi connectivity index (χ2n) is 3.98. The number of benzene rings is 1. The van der Waals surface area contributed by atoms with Gasteiger partial charge in [-0.1, -0.05) is 18.1 Å². The molecule has 0 saturated carbocycles. The molecule has 6 nitrogen and oxygen atoms in total. The van der Waals surface area contributed by atoms with Crippen molar-refractivity contribution in [2.45, 2.75) is 26.4 Å². The first-order chi connectivity index (χ1) is 9.19. The molecule has 6 heteroatoms. The van der Waals surface area contributed by atoms with Gasteiger partial charge in [-0.05, 0) is 24.6 Å². The SMILES string of the molecule is CCCc1noc(COc2cccc(C(=O)O)c2)n1. The van der Waals surface area contributed by atoms with E-state index in [0.717, 1.165) is 12.8 Å². The number of carboxylic acid groups (broad SMARTS) is 1. The van der Waals surface area contributed by atoms with Gasteiger partial charge in [0, 0.05) is 6.42 Å². The lowest BCUT2D eigenvalue weighted by molar-refractivity contribution is 0.0696. The Morgan fingerprint density at radius 3 is 3.05 bits per heavy atom. The Morgan fingerprint density at radius 2 is 2.32 bits per heavy atom. The third-order valence-corrected chi connectivity index (χ3v) is 2.43. The zero-order valence-corrected chi connectivity index (χ0v) is 10.5. The number of hydrogen-bond donors (Lipinski definition) is 1. The van der Waals surface area contributed by atoms with Gasteiger partial charge in [-0.15, -0.1) is 0 Å². The van der Waals surface area contributed by atoms with E-state index >= 15 is 0 Å². The van der Waals surface area contributed by atoms with Gasteiger partial charge < -0.3 is 14.4 Å². The molecule has 1 aromatic heterocycles. The highest BCUT2D eigenvalue weighted by atomic mass is 16.5. The van der Waals surface area contributed by atoms with Crippen LogP contribution in [0.3, 0.4) is 0 Å². The first kappa shape index (κ1) is 13.1.